The van der Waals surface area contributed by atoms with Crippen LogP contribution in [-0.2, 0) is 9.59 Å². The van der Waals surface area contributed by atoms with Crippen molar-refractivity contribution in [3.8, 4) is 0 Å². The van der Waals surface area contributed by atoms with Gasteiger partial charge in [0.15, 0.2) is 0 Å². The predicted molar refractivity (Wildman–Crippen MR) is 71.7 cm³/mol. The van der Waals surface area contributed by atoms with Crippen LogP contribution in [0.1, 0.15) is 51.9 Å². The highest BCUT2D eigenvalue weighted by molar-refractivity contribution is 5.85. The minimum Gasteiger partial charge on any atom is -0.481 e. The fourth-order valence-corrected chi connectivity index (χ4v) is 2.62. The average molecular weight is 271 g/mol. The second-order valence-electron chi connectivity index (χ2n) is 5.78. The van der Waals surface area contributed by atoms with E-state index >= 15 is 0 Å². The molecule has 1 aliphatic carbocycles. The Bertz CT molecular complexity index is 321. The molecular formula is C14H25NO4. The summed E-state index contributed by atoms with van der Waals surface area (Å²) in [6.07, 6.45) is 4.17. The maximum absolute atomic E-state index is 12.1. The summed E-state index contributed by atoms with van der Waals surface area (Å²) in [6, 6.07) is 0. The summed E-state index contributed by atoms with van der Waals surface area (Å²) in [5.74, 6) is -0.977. The highest BCUT2D eigenvalue weighted by Gasteiger charge is 2.41. The predicted octanol–water partition coefficient (Wildman–Crippen LogP) is 1.64. The highest BCUT2D eigenvalue weighted by atomic mass is 16.4. The van der Waals surface area contributed by atoms with E-state index in [4.69, 9.17) is 0 Å². The molecule has 1 rings (SSSR count). The van der Waals surface area contributed by atoms with Gasteiger partial charge >= 0.3 is 5.97 Å². The molecule has 0 aromatic rings. The van der Waals surface area contributed by atoms with Crippen molar-refractivity contribution in [2.75, 3.05) is 13.6 Å². The van der Waals surface area contributed by atoms with Crippen LogP contribution in [0.15, 0.2) is 0 Å². The molecule has 0 aromatic carbocycles. The Morgan fingerprint density at radius 2 is 1.84 bits per heavy atom. The summed E-state index contributed by atoms with van der Waals surface area (Å²) in [5.41, 5.74) is -0.867. The van der Waals surface area contributed by atoms with Crippen molar-refractivity contribution in [2.45, 2.75) is 58.0 Å². The van der Waals surface area contributed by atoms with E-state index in [2.05, 4.69) is 0 Å². The number of hydrogen-bond donors (Lipinski definition) is 2. The summed E-state index contributed by atoms with van der Waals surface area (Å²) in [6.45, 7) is 2.14. The summed E-state index contributed by atoms with van der Waals surface area (Å²) >= 11 is 0. The topological polar surface area (TPSA) is 77.8 Å². The van der Waals surface area contributed by atoms with Crippen molar-refractivity contribution in [1.82, 2.24) is 4.90 Å². The lowest BCUT2D eigenvalue weighted by Crippen LogP contribution is -2.40. The van der Waals surface area contributed by atoms with Gasteiger partial charge in [-0.1, -0.05) is 19.3 Å². The molecule has 0 saturated heterocycles. The summed E-state index contributed by atoms with van der Waals surface area (Å²) in [7, 11) is 1.67. The molecule has 1 amide bonds. The monoisotopic (exact) mass is 271 g/mol. The van der Waals surface area contributed by atoms with Gasteiger partial charge in [0, 0.05) is 20.0 Å². The van der Waals surface area contributed by atoms with E-state index in [-0.39, 0.29) is 12.3 Å². The third kappa shape index (κ3) is 4.49. The molecule has 2 N–H and O–H groups in total. The van der Waals surface area contributed by atoms with Crippen molar-refractivity contribution in [3.05, 3.63) is 0 Å². The molecule has 1 unspecified atom stereocenters. The summed E-state index contributed by atoms with van der Waals surface area (Å²) in [4.78, 5) is 25.1. The lowest BCUT2D eigenvalue weighted by atomic mass is 9.71. The van der Waals surface area contributed by atoms with Gasteiger partial charge in [-0.15, -0.1) is 0 Å². The fraction of sp³-hybridized carbons (Fsp3) is 0.857. The number of carboxylic acid groups (broad SMARTS) is 1. The van der Waals surface area contributed by atoms with E-state index in [0.717, 1.165) is 19.3 Å². The van der Waals surface area contributed by atoms with Crippen LogP contribution < -0.4 is 0 Å². The van der Waals surface area contributed by atoms with Crippen LogP contribution in [0.25, 0.3) is 0 Å². The van der Waals surface area contributed by atoms with Crippen LogP contribution in [-0.4, -0.2) is 46.7 Å². The van der Waals surface area contributed by atoms with Crippen LogP contribution in [0.5, 0.6) is 0 Å². The zero-order valence-corrected chi connectivity index (χ0v) is 11.9. The van der Waals surface area contributed by atoms with Crippen molar-refractivity contribution in [2.24, 2.45) is 5.41 Å². The smallest absolute Gasteiger partial charge is 0.310 e. The van der Waals surface area contributed by atoms with Crippen molar-refractivity contribution in [1.29, 1.82) is 0 Å². The van der Waals surface area contributed by atoms with E-state index in [1.165, 1.54) is 4.90 Å². The van der Waals surface area contributed by atoms with Gasteiger partial charge in [-0.3, -0.25) is 9.59 Å². The summed E-state index contributed by atoms with van der Waals surface area (Å²) < 4.78 is 0. The van der Waals surface area contributed by atoms with Crippen molar-refractivity contribution in [3.63, 3.8) is 0 Å². The third-order valence-corrected chi connectivity index (χ3v) is 4.06. The van der Waals surface area contributed by atoms with E-state index < -0.39 is 17.5 Å². The Morgan fingerprint density at radius 1 is 1.26 bits per heavy atom. The molecule has 0 radical (unpaired) electrons. The first-order valence-electron chi connectivity index (χ1n) is 7.03. The van der Waals surface area contributed by atoms with Gasteiger partial charge in [-0.25, -0.2) is 0 Å². The molecule has 110 valence electrons. The van der Waals surface area contributed by atoms with Crippen LogP contribution in [0, 0.1) is 5.41 Å². The third-order valence-electron chi connectivity index (χ3n) is 4.06. The first-order valence-corrected chi connectivity index (χ1v) is 7.03. The standard InChI is InChI=1S/C14H25NO4/c1-11(16)6-9-15(2)12(17)10-14(13(18)19)7-4-3-5-8-14/h11,16H,3-10H2,1-2H3,(H,18,19). The zero-order valence-electron chi connectivity index (χ0n) is 11.9. The number of amides is 1. The number of carbonyl (C=O) groups excluding carboxylic acids is 1. The molecule has 0 aromatic heterocycles. The lowest BCUT2D eigenvalue weighted by Gasteiger charge is -2.33. The van der Waals surface area contributed by atoms with E-state index in [1.807, 2.05) is 0 Å². The largest absolute Gasteiger partial charge is 0.481 e. The number of carbonyl (C=O) groups is 2. The lowest BCUT2D eigenvalue weighted by molar-refractivity contribution is -0.155. The molecule has 1 fully saturated rings. The first kappa shape index (κ1) is 16.0. The number of rotatable bonds is 6. The van der Waals surface area contributed by atoms with Gasteiger partial charge < -0.3 is 15.1 Å². The van der Waals surface area contributed by atoms with Crippen molar-refractivity contribution < 1.29 is 19.8 Å². The molecule has 1 aliphatic rings. The number of aliphatic hydroxyl groups excluding tert-OH is 1. The quantitative estimate of drug-likeness (QED) is 0.770. The maximum Gasteiger partial charge on any atom is 0.310 e. The molecule has 5 heteroatoms. The fourth-order valence-electron chi connectivity index (χ4n) is 2.62. The van der Waals surface area contributed by atoms with E-state index in [9.17, 15) is 19.8 Å². The molecule has 0 aliphatic heterocycles. The number of aliphatic hydroxyl groups is 1. The number of nitrogens with zero attached hydrogens (tertiary/aromatic N) is 1. The number of aliphatic carboxylic acids is 1. The van der Waals surface area contributed by atoms with Crippen LogP contribution >= 0.6 is 0 Å². The second-order valence-corrected chi connectivity index (χ2v) is 5.78. The minimum atomic E-state index is -0.867. The molecule has 1 saturated carbocycles. The zero-order chi connectivity index (χ0) is 14.5. The number of carboxylic acids is 1. The molecule has 1 atom stereocenters. The molecule has 19 heavy (non-hydrogen) atoms. The van der Waals surface area contributed by atoms with Gasteiger partial charge in [0.2, 0.25) is 5.91 Å². The second kappa shape index (κ2) is 6.89. The van der Waals surface area contributed by atoms with Gasteiger partial charge in [0.25, 0.3) is 0 Å². The molecule has 0 spiro atoms. The van der Waals surface area contributed by atoms with Gasteiger partial charge in [-0.2, -0.15) is 0 Å². The van der Waals surface area contributed by atoms with Crippen molar-refractivity contribution >= 4 is 11.9 Å². The maximum atomic E-state index is 12.1. The Hall–Kier alpha value is -1.10. The molecular weight excluding hydrogens is 246 g/mol. The van der Waals surface area contributed by atoms with Crippen LogP contribution in [0.4, 0.5) is 0 Å². The minimum absolute atomic E-state index is 0.0820. The molecule has 0 bridgehead atoms. The van der Waals surface area contributed by atoms with Crippen LogP contribution in [0.2, 0.25) is 0 Å². The Labute approximate surface area is 114 Å². The molecule has 0 heterocycles. The Balaban J connectivity index is 2.58. The first-order chi connectivity index (χ1) is 8.87. The Kier molecular flexibility index (Phi) is 5.79. The number of hydrogen-bond acceptors (Lipinski definition) is 3. The Morgan fingerprint density at radius 3 is 2.32 bits per heavy atom. The highest BCUT2D eigenvalue weighted by Crippen LogP contribution is 2.39. The SMILES string of the molecule is CC(O)CCN(C)C(=O)CC1(C(=O)O)CCCCC1. The van der Waals surface area contributed by atoms with Crippen LogP contribution in [0.3, 0.4) is 0 Å². The van der Waals surface area contributed by atoms with Gasteiger partial charge in [0.1, 0.15) is 0 Å². The molecule has 5 nitrogen and oxygen atoms in total. The van der Waals surface area contributed by atoms with E-state index in [0.29, 0.717) is 25.8 Å². The van der Waals surface area contributed by atoms with E-state index in [1.54, 1.807) is 14.0 Å². The van der Waals surface area contributed by atoms with Gasteiger partial charge in [0.05, 0.1) is 11.5 Å². The normalized spacial score (nSPS) is 19.7. The average Bonchev–Trinajstić information content (AvgIpc) is 2.36. The van der Waals surface area contributed by atoms with Gasteiger partial charge in [-0.05, 0) is 26.2 Å². The summed E-state index contributed by atoms with van der Waals surface area (Å²) in [5, 5.41) is 18.6.